The van der Waals surface area contributed by atoms with Gasteiger partial charge in [0.05, 0.1) is 0 Å². The number of hydrogen-bond acceptors (Lipinski definition) is 3. The van der Waals surface area contributed by atoms with Gasteiger partial charge in [0.25, 0.3) is 0 Å². The second kappa shape index (κ2) is 9.09. The Morgan fingerprint density at radius 2 is 1.48 bits per heavy atom. The number of halogens is 1. The Morgan fingerprint density at radius 3 is 2.06 bits per heavy atom. The second-order valence-electron chi connectivity index (χ2n) is 7.36. The zero-order chi connectivity index (χ0) is 22.0. The number of carbonyl (C=O) groups is 3. The average Bonchev–Trinajstić information content (AvgIpc) is 3.57. The van der Waals surface area contributed by atoms with Crippen molar-refractivity contribution < 1.29 is 19.5 Å². The van der Waals surface area contributed by atoms with Gasteiger partial charge in [-0.1, -0.05) is 0 Å². The third kappa shape index (κ3) is 5.07. The van der Waals surface area contributed by atoms with Crippen molar-refractivity contribution in [2.45, 2.75) is 6.42 Å². The van der Waals surface area contributed by atoms with Crippen molar-refractivity contribution in [1.29, 1.82) is 0 Å². The summed E-state index contributed by atoms with van der Waals surface area (Å²) in [5.41, 5.74) is 3.09. The molecular weight excluding hydrogens is 477 g/mol. The van der Waals surface area contributed by atoms with E-state index in [4.69, 9.17) is 16.7 Å². The number of Topliss-reactive ketones (excluding diaryl/α,β-unsaturated/α-hetero) is 1. The molecule has 3 aromatic rings. The molecule has 1 saturated carbocycles. The van der Waals surface area contributed by atoms with Crippen LogP contribution in [0.1, 0.15) is 16.8 Å². The topological polar surface area (TPSA) is 83.5 Å². The number of aliphatic carboxylic acids is 1. The monoisotopic (exact) mass is 495 g/mol. The number of para-hydroxylation sites is 1. The Kier molecular flexibility index (Phi) is 6.26. The van der Waals surface area contributed by atoms with Gasteiger partial charge >= 0.3 is 182 Å². The molecule has 0 saturated heterocycles. The number of carboxylic acids is 1. The first kappa shape index (κ1) is 21.4. The number of rotatable bonds is 7. The van der Waals surface area contributed by atoms with E-state index in [0.29, 0.717) is 22.7 Å². The number of carbonyl (C=O) groups excluding carboxylic acids is 2. The molecule has 5 nitrogen and oxygen atoms in total. The van der Waals surface area contributed by atoms with Gasteiger partial charge in [0.2, 0.25) is 0 Å². The Hall–Kier alpha value is -2.88. The van der Waals surface area contributed by atoms with Crippen LogP contribution in [-0.4, -0.2) is 37.3 Å². The molecule has 1 fully saturated rings. The van der Waals surface area contributed by atoms with Crippen LogP contribution >= 0.6 is 11.6 Å². The summed E-state index contributed by atoms with van der Waals surface area (Å²) in [4.78, 5) is 35.7. The first-order valence-electron chi connectivity index (χ1n) is 9.72. The molecular formula is C24H19AsClNO4. The van der Waals surface area contributed by atoms with E-state index in [-0.39, 0.29) is 10.5 Å². The quantitative estimate of drug-likeness (QED) is 0.380. The maximum atomic E-state index is 12.4. The summed E-state index contributed by atoms with van der Waals surface area (Å²) in [6.07, 6.45) is 0.422. The van der Waals surface area contributed by atoms with Crippen LogP contribution in [0.15, 0.2) is 72.8 Å². The Bertz CT molecular complexity index is 1150. The zero-order valence-corrected chi connectivity index (χ0v) is 19.2. The molecule has 0 radical (unpaired) electrons. The summed E-state index contributed by atoms with van der Waals surface area (Å²) >= 11 is 5.05. The summed E-state index contributed by atoms with van der Waals surface area (Å²) in [5, 5.41) is 12.4. The fraction of sp³-hybridized carbons (Fsp3) is 0.125. The zero-order valence-electron chi connectivity index (χ0n) is 16.3. The van der Waals surface area contributed by atoms with Crippen LogP contribution in [-0.2, 0) is 4.79 Å². The van der Waals surface area contributed by atoms with E-state index >= 15 is 0 Å². The number of benzene rings is 3. The van der Waals surface area contributed by atoms with E-state index in [0.717, 1.165) is 15.5 Å². The van der Waals surface area contributed by atoms with Crippen molar-refractivity contribution in [2.24, 2.45) is 11.8 Å². The van der Waals surface area contributed by atoms with E-state index in [1.54, 1.807) is 24.3 Å². The number of carboxylic acid groups (broad SMARTS) is 1. The van der Waals surface area contributed by atoms with E-state index < -0.39 is 33.6 Å². The van der Waals surface area contributed by atoms with Gasteiger partial charge in [-0.25, -0.2) is 0 Å². The van der Waals surface area contributed by atoms with Crippen LogP contribution in [0.25, 0.3) is 11.1 Å². The molecule has 0 bridgehead atoms. The summed E-state index contributed by atoms with van der Waals surface area (Å²) in [7, 11) is 0. The first-order valence-corrected chi connectivity index (χ1v) is 12.2. The molecule has 156 valence electrons. The Balaban J connectivity index is 1.38. The van der Waals surface area contributed by atoms with Crippen LogP contribution in [0.4, 0.5) is 10.5 Å². The Labute approximate surface area is 191 Å². The molecule has 3 unspecified atom stereocenters. The van der Waals surface area contributed by atoms with E-state index in [1.165, 1.54) is 0 Å². The molecule has 3 aromatic carbocycles. The van der Waals surface area contributed by atoms with Crippen molar-refractivity contribution >= 4 is 53.8 Å². The molecule has 4 rings (SSSR count). The summed E-state index contributed by atoms with van der Waals surface area (Å²) < 4.78 is 0.969. The molecule has 1 aliphatic rings. The van der Waals surface area contributed by atoms with Crippen LogP contribution in [0.3, 0.4) is 0 Å². The van der Waals surface area contributed by atoms with Crippen LogP contribution < -0.4 is 9.67 Å². The molecule has 0 aliphatic heterocycles. The van der Waals surface area contributed by atoms with Gasteiger partial charge in [-0.15, -0.1) is 0 Å². The number of amides is 1. The standard InChI is InChI=1S/C24H19AsClNO4/c26-20-3-1-2-4-21(20)27-24(31)25-17-11-9-15(10-12-17)14-5-7-16(8-6-14)22(28)18-13-19(18)23(29)30/h1-12,18-19,25H,13H2,(H,27,31)(H,29,30). The number of anilines is 1. The fourth-order valence-corrected chi connectivity index (χ4v) is 5.24. The van der Waals surface area contributed by atoms with E-state index in [1.807, 2.05) is 48.5 Å². The summed E-state index contributed by atoms with van der Waals surface area (Å²) in [5.74, 6) is -1.95. The maximum absolute atomic E-state index is 12.4. The number of hydrogen-bond donors (Lipinski definition) is 2. The minimum atomic E-state index is -1.03. The predicted molar refractivity (Wildman–Crippen MR) is 123 cm³/mol. The van der Waals surface area contributed by atoms with Gasteiger partial charge in [0, 0.05) is 0 Å². The van der Waals surface area contributed by atoms with Crippen molar-refractivity contribution in [2.75, 3.05) is 5.32 Å². The molecule has 0 heterocycles. The minimum absolute atomic E-state index is 0.0246. The summed E-state index contributed by atoms with van der Waals surface area (Å²) in [6, 6.07) is 22.2. The molecule has 7 heteroatoms. The molecule has 31 heavy (non-hydrogen) atoms. The van der Waals surface area contributed by atoms with Crippen molar-refractivity contribution in [3.8, 4) is 11.1 Å². The number of ketones is 1. The molecule has 1 amide bonds. The van der Waals surface area contributed by atoms with E-state index in [9.17, 15) is 14.4 Å². The third-order valence-corrected chi connectivity index (χ3v) is 7.59. The van der Waals surface area contributed by atoms with Gasteiger partial charge in [-0.05, 0) is 0 Å². The van der Waals surface area contributed by atoms with Crippen LogP contribution in [0.5, 0.6) is 0 Å². The van der Waals surface area contributed by atoms with Gasteiger partial charge in [-0.2, -0.15) is 0 Å². The molecule has 0 spiro atoms. The number of nitrogens with one attached hydrogen (secondary N) is 1. The van der Waals surface area contributed by atoms with Gasteiger partial charge in [-0.3, -0.25) is 4.79 Å². The van der Waals surface area contributed by atoms with Gasteiger partial charge in [0.15, 0.2) is 0 Å². The third-order valence-electron chi connectivity index (χ3n) is 5.21. The normalized spacial score (nSPS) is 17.5. The van der Waals surface area contributed by atoms with Gasteiger partial charge < -0.3 is 5.11 Å². The Morgan fingerprint density at radius 1 is 0.871 bits per heavy atom. The second-order valence-corrected chi connectivity index (χ2v) is 10.5. The van der Waals surface area contributed by atoms with E-state index in [2.05, 4.69) is 5.32 Å². The first-order chi connectivity index (χ1) is 14.9. The van der Waals surface area contributed by atoms with Crippen LogP contribution in [0, 0.1) is 11.8 Å². The van der Waals surface area contributed by atoms with Crippen molar-refractivity contribution in [3.63, 3.8) is 0 Å². The molecule has 3 atom stereocenters. The molecule has 0 aromatic heterocycles. The van der Waals surface area contributed by atoms with Crippen molar-refractivity contribution in [1.82, 2.24) is 0 Å². The molecule has 2 N–H and O–H groups in total. The van der Waals surface area contributed by atoms with Gasteiger partial charge in [0.1, 0.15) is 0 Å². The fourth-order valence-electron chi connectivity index (χ4n) is 3.39. The average molecular weight is 496 g/mol. The van der Waals surface area contributed by atoms with Crippen molar-refractivity contribution in [3.05, 3.63) is 83.4 Å². The molecule has 1 aliphatic carbocycles. The SMILES string of the molecule is O=C(Nc1ccccc1Cl)[AsH]c1ccc(-c2ccc(C(=O)C3CC3C(=O)O)cc2)cc1. The summed E-state index contributed by atoms with van der Waals surface area (Å²) in [6.45, 7) is 0. The van der Waals surface area contributed by atoms with Crippen LogP contribution in [0.2, 0.25) is 5.02 Å². The predicted octanol–water partition coefficient (Wildman–Crippen LogP) is 4.20.